The van der Waals surface area contributed by atoms with Gasteiger partial charge < -0.3 is 10.7 Å². The lowest BCUT2D eigenvalue weighted by molar-refractivity contribution is -0.125. The fraction of sp³-hybridized carbons (Fsp3) is 0.333. The molecule has 0 atom stereocenters. The number of hydrazine groups is 1. The summed E-state index contributed by atoms with van der Waals surface area (Å²) < 4.78 is 0. The van der Waals surface area contributed by atoms with Crippen molar-refractivity contribution in [2.75, 3.05) is 12.0 Å². The van der Waals surface area contributed by atoms with Gasteiger partial charge in [-0.3, -0.25) is 9.69 Å². The summed E-state index contributed by atoms with van der Waals surface area (Å²) in [4.78, 5) is 34.9. The first-order valence-electron chi connectivity index (χ1n) is 6.32. The van der Waals surface area contributed by atoms with Gasteiger partial charge >= 0.3 is 6.03 Å². The molecule has 3 heterocycles. The number of nitrogens with zero attached hydrogens (tertiary/aromatic N) is 3. The lowest BCUT2D eigenvalue weighted by Gasteiger charge is -2.12. The monoisotopic (exact) mass is 306 g/mol. The number of carbonyl (C=O) groups excluding carboxylic acids is 2. The van der Waals surface area contributed by atoms with Gasteiger partial charge in [0.25, 0.3) is 0 Å². The van der Waals surface area contributed by atoms with Crippen molar-refractivity contribution in [3.05, 3.63) is 16.3 Å². The van der Waals surface area contributed by atoms with Crippen LogP contribution in [0.5, 0.6) is 0 Å². The van der Waals surface area contributed by atoms with Crippen molar-refractivity contribution in [2.24, 2.45) is 5.84 Å². The Morgan fingerprint density at radius 2 is 2.14 bits per heavy atom. The predicted molar refractivity (Wildman–Crippen MR) is 78.6 cm³/mol. The molecule has 3 rings (SSSR count). The Labute approximate surface area is 124 Å². The summed E-state index contributed by atoms with van der Waals surface area (Å²) in [5, 5.41) is 3.34. The zero-order valence-electron chi connectivity index (χ0n) is 11.6. The molecule has 0 saturated carbocycles. The van der Waals surface area contributed by atoms with E-state index < -0.39 is 6.03 Å². The van der Waals surface area contributed by atoms with Crippen LogP contribution < -0.4 is 16.6 Å². The molecular formula is C12H14N6O2S. The van der Waals surface area contributed by atoms with Crippen LogP contribution in [0.4, 0.5) is 10.6 Å². The normalized spacial score (nSPS) is 14.9. The van der Waals surface area contributed by atoms with Crippen LogP contribution in [-0.2, 0) is 11.3 Å². The maximum Gasteiger partial charge on any atom is 0.325 e. The summed E-state index contributed by atoms with van der Waals surface area (Å²) in [5.74, 6) is 6.12. The zero-order valence-corrected chi connectivity index (χ0v) is 12.4. The van der Waals surface area contributed by atoms with Crippen molar-refractivity contribution in [3.63, 3.8) is 0 Å². The number of rotatable bonds is 3. The Balaban J connectivity index is 2.04. The van der Waals surface area contributed by atoms with E-state index in [1.54, 1.807) is 0 Å². The number of nitrogens with two attached hydrogens (primary N) is 1. The Kier molecular flexibility index (Phi) is 3.22. The van der Waals surface area contributed by atoms with E-state index >= 15 is 0 Å². The maximum absolute atomic E-state index is 11.6. The molecule has 2 aromatic rings. The highest BCUT2D eigenvalue weighted by molar-refractivity contribution is 7.18. The summed E-state index contributed by atoms with van der Waals surface area (Å²) in [7, 11) is 0. The molecule has 1 fully saturated rings. The van der Waals surface area contributed by atoms with Gasteiger partial charge in [-0.25, -0.2) is 20.6 Å². The van der Waals surface area contributed by atoms with E-state index in [1.165, 1.54) is 11.3 Å². The maximum atomic E-state index is 11.6. The van der Waals surface area contributed by atoms with Crippen molar-refractivity contribution in [1.29, 1.82) is 0 Å². The van der Waals surface area contributed by atoms with E-state index in [-0.39, 0.29) is 19.0 Å². The van der Waals surface area contributed by atoms with Gasteiger partial charge in [0.05, 0.1) is 18.5 Å². The predicted octanol–water partition coefficient (Wildman–Crippen LogP) is 0.646. The average Bonchev–Trinajstić information content (AvgIpc) is 2.92. The molecule has 8 nitrogen and oxygen atoms in total. The Morgan fingerprint density at radius 1 is 1.38 bits per heavy atom. The van der Waals surface area contributed by atoms with E-state index in [2.05, 4.69) is 20.7 Å². The van der Waals surface area contributed by atoms with E-state index in [4.69, 9.17) is 5.84 Å². The number of urea groups is 1. The number of nitrogen functional groups attached to an aromatic ring is 1. The SMILES string of the molecule is Cc1sc2nc(CN3C(=O)CNC3=O)nc(NN)c2c1C. The van der Waals surface area contributed by atoms with Gasteiger partial charge in [-0.2, -0.15) is 0 Å². The molecule has 0 aromatic carbocycles. The van der Waals surface area contributed by atoms with E-state index in [1.807, 2.05) is 13.8 Å². The highest BCUT2D eigenvalue weighted by atomic mass is 32.1. The van der Waals surface area contributed by atoms with Crippen LogP contribution >= 0.6 is 11.3 Å². The fourth-order valence-corrected chi connectivity index (χ4v) is 3.27. The van der Waals surface area contributed by atoms with Crippen LogP contribution in [-0.4, -0.2) is 33.4 Å². The summed E-state index contributed by atoms with van der Waals surface area (Å²) in [6.07, 6.45) is 0. The van der Waals surface area contributed by atoms with Crippen molar-refractivity contribution in [3.8, 4) is 0 Å². The summed E-state index contributed by atoms with van der Waals surface area (Å²) in [6.45, 7) is 4.03. The topological polar surface area (TPSA) is 113 Å². The van der Waals surface area contributed by atoms with Gasteiger partial charge in [0, 0.05) is 4.88 Å². The Morgan fingerprint density at radius 3 is 2.76 bits per heavy atom. The minimum absolute atomic E-state index is 0.0142. The number of carbonyl (C=O) groups is 2. The summed E-state index contributed by atoms with van der Waals surface area (Å²) >= 11 is 1.53. The first-order chi connectivity index (χ1) is 10.0. The number of imide groups is 1. The van der Waals surface area contributed by atoms with Crippen molar-refractivity contribution in [2.45, 2.75) is 20.4 Å². The molecule has 0 spiro atoms. The molecule has 21 heavy (non-hydrogen) atoms. The molecule has 0 radical (unpaired) electrons. The highest BCUT2D eigenvalue weighted by Crippen LogP contribution is 2.33. The Bertz CT molecular complexity index is 740. The largest absolute Gasteiger partial charge is 0.329 e. The molecule has 0 bridgehead atoms. The molecule has 0 aliphatic carbocycles. The third kappa shape index (κ3) is 2.20. The molecule has 110 valence electrons. The first-order valence-corrected chi connectivity index (χ1v) is 7.14. The first kappa shape index (κ1) is 13.7. The second-order valence-corrected chi connectivity index (χ2v) is 5.94. The smallest absolute Gasteiger partial charge is 0.325 e. The van der Waals surface area contributed by atoms with Crippen molar-refractivity contribution in [1.82, 2.24) is 20.2 Å². The number of hydrogen-bond acceptors (Lipinski definition) is 7. The van der Waals surface area contributed by atoms with Gasteiger partial charge in [0.15, 0.2) is 11.6 Å². The minimum atomic E-state index is -0.426. The molecule has 3 amide bonds. The second-order valence-electron chi connectivity index (χ2n) is 4.73. The standard InChI is InChI=1S/C12H14N6O2S/c1-5-6(2)21-11-9(5)10(17-13)15-7(16-11)4-18-8(19)3-14-12(18)20/h3-4,13H2,1-2H3,(H,14,20)(H,15,16,17). The van der Waals surface area contributed by atoms with Crippen LogP contribution in [0.1, 0.15) is 16.3 Å². The fourth-order valence-electron chi connectivity index (χ4n) is 2.23. The van der Waals surface area contributed by atoms with Crippen LogP contribution in [0.3, 0.4) is 0 Å². The lowest BCUT2D eigenvalue weighted by Crippen LogP contribution is -2.31. The molecule has 1 aliphatic heterocycles. The number of amides is 3. The number of thiophene rings is 1. The molecule has 1 saturated heterocycles. The van der Waals surface area contributed by atoms with Gasteiger partial charge in [-0.15, -0.1) is 11.3 Å². The van der Waals surface area contributed by atoms with Crippen LogP contribution in [0.2, 0.25) is 0 Å². The quantitative estimate of drug-likeness (QED) is 0.436. The van der Waals surface area contributed by atoms with Gasteiger partial charge in [-0.05, 0) is 19.4 Å². The third-order valence-electron chi connectivity index (χ3n) is 3.45. The number of nitrogens with one attached hydrogen (secondary N) is 2. The lowest BCUT2D eigenvalue weighted by atomic mass is 10.2. The van der Waals surface area contributed by atoms with Crippen LogP contribution in [0.25, 0.3) is 10.2 Å². The number of anilines is 1. The van der Waals surface area contributed by atoms with Crippen LogP contribution in [0.15, 0.2) is 0 Å². The second kappa shape index (κ2) is 4.93. The van der Waals surface area contributed by atoms with Gasteiger partial charge in [0.2, 0.25) is 5.91 Å². The molecule has 9 heteroatoms. The summed E-state index contributed by atoms with van der Waals surface area (Å²) in [5.41, 5.74) is 3.64. The third-order valence-corrected chi connectivity index (χ3v) is 4.55. The molecule has 2 aromatic heterocycles. The van der Waals surface area contributed by atoms with Crippen molar-refractivity contribution < 1.29 is 9.59 Å². The summed E-state index contributed by atoms with van der Waals surface area (Å²) in [6, 6.07) is -0.426. The number of fused-ring (bicyclic) bond motifs is 1. The molecule has 4 N–H and O–H groups in total. The highest BCUT2D eigenvalue weighted by Gasteiger charge is 2.29. The Hall–Kier alpha value is -2.26. The van der Waals surface area contributed by atoms with E-state index in [0.29, 0.717) is 11.6 Å². The molecule has 0 unspecified atom stereocenters. The van der Waals surface area contributed by atoms with Gasteiger partial charge in [-0.1, -0.05) is 0 Å². The zero-order chi connectivity index (χ0) is 15.1. The van der Waals surface area contributed by atoms with E-state index in [0.717, 1.165) is 25.6 Å². The average molecular weight is 306 g/mol. The minimum Gasteiger partial charge on any atom is -0.329 e. The van der Waals surface area contributed by atoms with Crippen LogP contribution in [0, 0.1) is 13.8 Å². The number of aromatic nitrogens is 2. The molecule has 1 aliphatic rings. The number of aryl methyl sites for hydroxylation is 2. The van der Waals surface area contributed by atoms with Crippen molar-refractivity contribution >= 4 is 39.3 Å². The molecular weight excluding hydrogens is 292 g/mol. The van der Waals surface area contributed by atoms with Gasteiger partial charge in [0.1, 0.15) is 4.83 Å². The number of hydrogen-bond donors (Lipinski definition) is 3. The van der Waals surface area contributed by atoms with E-state index in [9.17, 15) is 9.59 Å².